The van der Waals surface area contributed by atoms with Gasteiger partial charge in [0, 0.05) is 7.11 Å². The molecule has 0 radical (unpaired) electrons. The van der Waals surface area contributed by atoms with Gasteiger partial charge in [-0.2, -0.15) is 0 Å². The monoisotopic (exact) mass is 148 g/mol. The van der Waals surface area contributed by atoms with Gasteiger partial charge in [-0.3, -0.25) is 0 Å². The number of hydrogen-bond donors (Lipinski definition) is 0. The predicted octanol–water partition coefficient (Wildman–Crippen LogP) is 0.551. The lowest BCUT2D eigenvalue weighted by atomic mass is 10.9. The zero-order valence-corrected chi connectivity index (χ0v) is 6.25. The minimum Gasteiger partial charge on any atom is -0.512 e. The molecule has 1 rings (SSSR count). The van der Waals surface area contributed by atoms with Gasteiger partial charge in [0.2, 0.25) is 13.3 Å². The molecule has 0 unspecified atom stereocenters. The first kappa shape index (κ1) is 7.94. The maximum absolute atomic E-state index is 4.91. The van der Waals surface area contributed by atoms with E-state index >= 15 is 0 Å². The smallest absolute Gasteiger partial charge is 0.304 e. The van der Waals surface area contributed by atoms with Crippen molar-refractivity contribution >= 4 is 0 Å². The Labute approximate surface area is 60.7 Å². The van der Waals surface area contributed by atoms with Gasteiger partial charge in [0.15, 0.2) is 0 Å². The highest BCUT2D eigenvalue weighted by Gasteiger charge is 2.25. The van der Waals surface area contributed by atoms with Gasteiger partial charge in [-0.05, 0) is 0 Å². The third-order valence-electron chi connectivity index (χ3n) is 1.06. The molecule has 1 aliphatic heterocycles. The molecule has 0 atom stereocenters. The maximum Gasteiger partial charge on any atom is 0.304 e. The summed E-state index contributed by atoms with van der Waals surface area (Å²) in [7, 11) is 6.94. The van der Waals surface area contributed by atoms with Gasteiger partial charge in [-0.25, -0.2) is 0 Å². The van der Waals surface area contributed by atoms with Gasteiger partial charge in [-0.15, -0.1) is 0 Å². The Balaban J connectivity index is 2.16. The molecule has 0 aromatic heterocycles. The fraction of sp³-hybridized carbons (Fsp3) is 0.667. The average molecular weight is 148 g/mol. The van der Waals surface area contributed by atoms with E-state index in [2.05, 4.69) is 15.8 Å². The fourth-order valence-corrected chi connectivity index (χ4v) is 0.692. The molecule has 0 aromatic carbocycles. The van der Waals surface area contributed by atoms with Crippen LogP contribution in [0.2, 0.25) is 0 Å². The second-order valence-electron chi connectivity index (χ2n) is 2.11. The van der Waals surface area contributed by atoms with Crippen LogP contribution >= 0.6 is 0 Å². The first-order chi connectivity index (χ1) is 4.74. The summed E-state index contributed by atoms with van der Waals surface area (Å²) in [5.41, 5.74) is 0. The average Bonchev–Trinajstić information content (AvgIpc) is 1.82. The topological polar surface area (TPSA) is 23.9 Å². The van der Waals surface area contributed by atoms with Gasteiger partial charge in [0.1, 0.15) is 7.11 Å². The molecule has 10 heavy (non-hydrogen) atoms. The van der Waals surface area contributed by atoms with Crippen molar-refractivity contribution in [1.29, 1.82) is 0 Å². The second kappa shape index (κ2) is 3.30. The molecule has 0 aliphatic carbocycles. The Morgan fingerprint density at radius 3 is 2.90 bits per heavy atom. The summed E-state index contributed by atoms with van der Waals surface area (Å²) >= 11 is 0. The summed E-state index contributed by atoms with van der Waals surface area (Å²) in [5.74, 6) is 0. The molecular formula is C6H12O4. The summed E-state index contributed by atoms with van der Waals surface area (Å²) in [5, 5.41) is 0. The predicted molar refractivity (Wildman–Crippen MR) is 34.5 cm³/mol. The lowest BCUT2D eigenvalue weighted by Gasteiger charge is -2.45. The van der Waals surface area contributed by atoms with Crippen LogP contribution in [-0.4, -0.2) is 27.8 Å². The Kier molecular flexibility index (Phi) is 2.62. The molecule has 0 aromatic rings. The molecule has 0 N–H and O–H groups in total. The van der Waals surface area contributed by atoms with E-state index in [4.69, 9.17) is 9.47 Å². The molecule has 1 saturated heterocycles. The molecule has 1 fully saturated rings. The largest absolute Gasteiger partial charge is 0.512 e. The van der Waals surface area contributed by atoms with Crippen LogP contribution in [0.25, 0.3) is 0 Å². The molecule has 60 valence electrons. The summed E-state index contributed by atoms with van der Waals surface area (Å²) in [6, 6.07) is 0. The molecule has 4 nitrogen and oxygen atoms in total. The minimum atomic E-state index is 0.475. The third kappa shape index (κ3) is 1.67. The van der Waals surface area contributed by atoms with E-state index in [1.54, 1.807) is 14.2 Å². The van der Waals surface area contributed by atoms with Crippen LogP contribution in [0.5, 0.6) is 0 Å². The third-order valence-corrected chi connectivity index (χ3v) is 1.06. The minimum absolute atomic E-state index is 0.475. The first-order valence-corrected chi connectivity index (χ1v) is 2.87. The van der Waals surface area contributed by atoms with Gasteiger partial charge in [0.05, 0.1) is 0 Å². The zero-order valence-electron chi connectivity index (χ0n) is 6.25. The molecule has 0 bridgehead atoms. The molecule has 0 amide bonds. The molecular weight excluding hydrogens is 136 g/mol. The van der Waals surface area contributed by atoms with Crippen LogP contribution in [0.15, 0.2) is 0 Å². The molecule has 0 spiro atoms. The van der Waals surface area contributed by atoms with Crippen LogP contribution < -0.4 is 0 Å². The van der Waals surface area contributed by atoms with E-state index in [1.807, 2.05) is 0 Å². The van der Waals surface area contributed by atoms with Gasteiger partial charge in [-0.1, -0.05) is 7.11 Å². The van der Waals surface area contributed by atoms with E-state index in [-0.39, 0.29) is 0 Å². The van der Waals surface area contributed by atoms with Crippen molar-refractivity contribution in [3.8, 4) is 0 Å². The summed E-state index contributed by atoms with van der Waals surface area (Å²) < 4.78 is 14.8. The van der Waals surface area contributed by atoms with Crippen molar-refractivity contribution in [1.82, 2.24) is 0 Å². The van der Waals surface area contributed by atoms with E-state index in [9.17, 15) is 0 Å². The van der Waals surface area contributed by atoms with Gasteiger partial charge in [0.25, 0.3) is 0 Å². The van der Waals surface area contributed by atoms with Crippen molar-refractivity contribution in [2.45, 2.75) is 0 Å². The van der Waals surface area contributed by atoms with Crippen molar-refractivity contribution < 1.29 is 18.2 Å². The zero-order chi connectivity index (χ0) is 7.56. The van der Waals surface area contributed by atoms with Crippen LogP contribution in [0.4, 0.5) is 0 Å². The van der Waals surface area contributed by atoms with Crippen LogP contribution in [-0.2, 0) is 18.2 Å². The lowest BCUT2D eigenvalue weighted by molar-refractivity contribution is -0.479. The Hall–Kier alpha value is -0.160. The summed E-state index contributed by atoms with van der Waals surface area (Å²) in [6.07, 6.45) is 0. The SMILES string of the molecule is [CH2-][O+](C)C[O+]1CO[C-]1OC. The van der Waals surface area contributed by atoms with Crippen LogP contribution in [0, 0.1) is 13.6 Å². The number of rotatable bonds is 3. The van der Waals surface area contributed by atoms with E-state index in [0.717, 1.165) is 0 Å². The molecule has 1 heterocycles. The van der Waals surface area contributed by atoms with Crippen molar-refractivity contribution in [3.63, 3.8) is 0 Å². The first-order valence-electron chi connectivity index (χ1n) is 2.87. The standard InChI is InChI=1S/C6H12O4/c1-7-6-8-4-10(6)5-9(2)3/h2,4-5H2,1,3H3. The van der Waals surface area contributed by atoms with E-state index in [1.165, 1.54) is 0 Å². The highest BCUT2D eigenvalue weighted by Crippen LogP contribution is 2.27. The van der Waals surface area contributed by atoms with E-state index < -0.39 is 0 Å². The van der Waals surface area contributed by atoms with E-state index in [0.29, 0.717) is 20.1 Å². The Morgan fingerprint density at radius 1 is 1.90 bits per heavy atom. The lowest BCUT2D eigenvalue weighted by Crippen LogP contribution is -2.39. The quantitative estimate of drug-likeness (QED) is 0.431. The number of ether oxygens (including phenoxy) is 2. The van der Waals surface area contributed by atoms with Gasteiger partial charge < -0.3 is 18.2 Å². The second-order valence-corrected chi connectivity index (χ2v) is 2.11. The summed E-state index contributed by atoms with van der Waals surface area (Å²) in [4.78, 5) is 0. The molecule has 0 saturated carbocycles. The fourth-order valence-electron chi connectivity index (χ4n) is 0.692. The normalized spacial score (nSPS) is 21.6. The number of methoxy groups -OCH3 is 1. The van der Waals surface area contributed by atoms with Crippen LogP contribution in [0.3, 0.4) is 0 Å². The number of hydrogen-bond acceptors (Lipinski definition) is 2. The van der Waals surface area contributed by atoms with Crippen molar-refractivity contribution in [2.75, 3.05) is 27.8 Å². The Morgan fingerprint density at radius 2 is 2.60 bits per heavy atom. The summed E-state index contributed by atoms with van der Waals surface area (Å²) in [6.45, 7) is 1.54. The van der Waals surface area contributed by atoms with Crippen molar-refractivity contribution in [2.24, 2.45) is 0 Å². The molecule has 1 aliphatic rings. The highest BCUT2D eigenvalue weighted by molar-refractivity contribution is 4.59. The Bertz CT molecular complexity index is 102. The molecule has 4 heteroatoms. The van der Waals surface area contributed by atoms with Gasteiger partial charge >= 0.3 is 6.79 Å². The van der Waals surface area contributed by atoms with Crippen molar-refractivity contribution in [3.05, 3.63) is 13.6 Å². The maximum atomic E-state index is 4.91. The van der Waals surface area contributed by atoms with Crippen LogP contribution in [0.1, 0.15) is 0 Å². The highest BCUT2D eigenvalue weighted by atomic mass is 17.1.